The number of rotatable bonds is 5. The van der Waals surface area contributed by atoms with Crippen LogP contribution in [0.1, 0.15) is 21.1 Å². The van der Waals surface area contributed by atoms with Crippen LogP contribution < -0.4 is 0 Å². The summed E-state index contributed by atoms with van der Waals surface area (Å²) < 4.78 is 10.8. The van der Waals surface area contributed by atoms with Gasteiger partial charge in [-0.05, 0) is 31.2 Å². The van der Waals surface area contributed by atoms with E-state index in [1.54, 1.807) is 13.1 Å². The van der Waals surface area contributed by atoms with Gasteiger partial charge < -0.3 is 9.15 Å². The van der Waals surface area contributed by atoms with E-state index >= 15 is 0 Å². The van der Waals surface area contributed by atoms with E-state index in [9.17, 15) is 4.79 Å². The van der Waals surface area contributed by atoms with Crippen LogP contribution in [0, 0.1) is 6.92 Å². The minimum atomic E-state index is -0.434. The molecule has 3 heterocycles. The highest BCUT2D eigenvalue weighted by atomic mass is 32.1. The monoisotopic (exact) mass is 377 g/mol. The molecule has 0 unspecified atom stereocenters. The molecule has 0 N–H and O–H groups in total. The number of thiazole rings is 1. The van der Waals surface area contributed by atoms with Gasteiger partial charge >= 0.3 is 5.97 Å². The highest BCUT2D eigenvalue weighted by Crippen LogP contribution is 2.27. The third-order valence-electron chi connectivity index (χ3n) is 3.79. The van der Waals surface area contributed by atoms with Crippen LogP contribution in [-0.2, 0) is 11.3 Å². The number of carbonyl (C=O) groups excluding carboxylic acids is 1. The van der Waals surface area contributed by atoms with Crippen LogP contribution in [0.25, 0.3) is 22.2 Å². The van der Waals surface area contributed by atoms with Gasteiger partial charge in [0.2, 0.25) is 5.89 Å². The van der Waals surface area contributed by atoms with E-state index in [2.05, 4.69) is 15.0 Å². The van der Waals surface area contributed by atoms with Crippen molar-refractivity contribution in [3.05, 3.63) is 77.3 Å². The molecule has 0 bridgehead atoms. The smallest absolute Gasteiger partial charge is 0.350 e. The quantitative estimate of drug-likeness (QED) is 0.476. The minimum Gasteiger partial charge on any atom is -0.455 e. The summed E-state index contributed by atoms with van der Waals surface area (Å²) in [6, 6.07) is 15.1. The standard InChI is InChI=1S/C20H15N3O3S/c1-13-17(27-19(22-13)16-9-5-6-10-21-16)20(24)26-12-15-11-25-18(23-15)14-7-3-2-4-8-14/h2-11H,12H2,1H3. The fourth-order valence-corrected chi connectivity index (χ4v) is 3.41. The van der Waals surface area contributed by atoms with Crippen LogP contribution in [0.5, 0.6) is 0 Å². The van der Waals surface area contributed by atoms with Gasteiger partial charge in [0.15, 0.2) is 0 Å². The molecular weight excluding hydrogens is 362 g/mol. The molecule has 0 saturated carbocycles. The van der Waals surface area contributed by atoms with Gasteiger partial charge in [0.25, 0.3) is 0 Å². The number of hydrogen-bond donors (Lipinski definition) is 0. The summed E-state index contributed by atoms with van der Waals surface area (Å²) in [6.45, 7) is 1.81. The Kier molecular flexibility index (Phi) is 4.76. The van der Waals surface area contributed by atoms with E-state index < -0.39 is 5.97 Å². The first-order valence-corrected chi connectivity index (χ1v) is 9.08. The highest BCUT2D eigenvalue weighted by Gasteiger charge is 2.19. The van der Waals surface area contributed by atoms with Crippen LogP contribution in [0.2, 0.25) is 0 Å². The number of aryl methyl sites for hydroxylation is 1. The molecule has 0 radical (unpaired) electrons. The van der Waals surface area contributed by atoms with E-state index in [-0.39, 0.29) is 6.61 Å². The van der Waals surface area contributed by atoms with Crippen molar-refractivity contribution in [3.63, 3.8) is 0 Å². The summed E-state index contributed by atoms with van der Waals surface area (Å²) >= 11 is 1.27. The first-order valence-electron chi connectivity index (χ1n) is 8.26. The normalized spacial score (nSPS) is 10.7. The molecule has 0 spiro atoms. The molecule has 6 nitrogen and oxygen atoms in total. The SMILES string of the molecule is Cc1nc(-c2ccccn2)sc1C(=O)OCc1coc(-c2ccccc2)n1. The van der Waals surface area contributed by atoms with Crippen molar-refractivity contribution in [1.82, 2.24) is 15.0 Å². The zero-order valence-corrected chi connectivity index (χ0v) is 15.3. The van der Waals surface area contributed by atoms with Crippen molar-refractivity contribution in [2.24, 2.45) is 0 Å². The summed E-state index contributed by atoms with van der Waals surface area (Å²) in [4.78, 5) is 25.9. The molecule has 7 heteroatoms. The van der Waals surface area contributed by atoms with Crippen LogP contribution in [0.4, 0.5) is 0 Å². The maximum atomic E-state index is 12.4. The molecule has 134 valence electrons. The van der Waals surface area contributed by atoms with Crippen LogP contribution in [0.3, 0.4) is 0 Å². The predicted octanol–water partition coefficient (Wildman–Crippen LogP) is 4.53. The van der Waals surface area contributed by atoms with Crippen LogP contribution in [0.15, 0.2) is 65.4 Å². The Balaban J connectivity index is 1.45. The average Bonchev–Trinajstić information content (AvgIpc) is 3.34. The number of pyridine rings is 1. The lowest BCUT2D eigenvalue weighted by Crippen LogP contribution is -2.05. The van der Waals surface area contributed by atoms with Crippen molar-refractivity contribution in [3.8, 4) is 22.2 Å². The molecule has 0 aliphatic rings. The summed E-state index contributed by atoms with van der Waals surface area (Å²) in [5.74, 6) is 0.0597. The first-order chi connectivity index (χ1) is 13.2. The number of carbonyl (C=O) groups is 1. The lowest BCUT2D eigenvalue weighted by atomic mass is 10.2. The predicted molar refractivity (Wildman–Crippen MR) is 101 cm³/mol. The number of esters is 1. The molecule has 4 rings (SSSR count). The summed E-state index contributed by atoms with van der Waals surface area (Å²) in [6.07, 6.45) is 3.19. The molecule has 0 aliphatic carbocycles. The van der Waals surface area contributed by atoms with Crippen molar-refractivity contribution in [2.45, 2.75) is 13.5 Å². The molecule has 0 saturated heterocycles. The van der Waals surface area contributed by atoms with E-state index in [0.29, 0.717) is 27.2 Å². The number of benzene rings is 1. The first kappa shape index (κ1) is 17.1. The average molecular weight is 377 g/mol. The molecule has 1 aromatic carbocycles. The Morgan fingerprint density at radius 2 is 1.93 bits per heavy atom. The van der Waals surface area contributed by atoms with Gasteiger partial charge in [-0.25, -0.2) is 14.8 Å². The van der Waals surface area contributed by atoms with Gasteiger partial charge in [-0.15, -0.1) is 11.3 Å². The third-order valence-corrected chi connectivity index (χ3v) is 4.95. The van der Waals surface area contributed by atoms with Gasteiger partial charge in [0.1, 0.15) is 28.4 Å². The highest BCUT2D eigenvalue weighted by molar-refractivity contribution is 7.17. The second kappa shape index (κ2) is 7.51. The second-order valence-corrected chi connectivity index (χ2v) is 6.73. The number of aromatic nitrogens is 3. The number of oxazole rings is 1. The van der Waals surface area contributed by atoms with Crippen molar-refractivity contribution >= 4 is 17.3 Å². The van der Waals surface area contributed by atoms with E-state index in [0.717, 1.165) is 11.3 Å². The van der Waals surface area contributed by atoms with Crippen LogP contribution in [-0.4, -0.2) is 20.9 Å². The molecule has 0 amide bonds. The lowest BCUT2D eigenvalue weighted by Gasteiger charge is -2.00. The minimum absolute atomic E-state index is 0.0332. The molecule has 0 aliphatic heterocycles. The second-order valence-electron chi connectivity index (χ2n) is 5.73. The largest absolute Gasteiger partial charge is 0.455 e. The number of nitrogens with zero attached hydrogens (tertiary/aromatic N) is 3. The summed E-state index contributed by atoms with van der Waals surface area (Å²) in [5, 5.41) is 0.688. The maximum absolute atomic E-state index is 12.4. The van der Waals surface area contributed by atoms with E-state index in [4.69, 9.17) is 9.15 Å². The Labute approximate surface area is 159 Å². The van der Waals surface area contributed by atoms with Gasteiger partial charge in [-0.1, -0.05) is 24.3 Å². The summed E-state index contributed by atoms with van der Waals surface area (Å²) in [5.41, 5.74) is 2.77. The molecule has 0 fully saturated rings. The zero-order chi connectivity index (χ0) is 18.6. The molecule has 27 heavy (non-hydrogen) atoms. The van der Waals surface area contributed by atoms with Crippen molar-refractivity contribution in [1.29, 1.82) is 0 Å². The maximum Gasteiger partial charge on any atom is 0.350 e. The molecule has 3 aromatic heterocycles. The van der Waals surface area contributed by atoms with Gasteiger partial charge in [-0.3, -0.25) is 4.98 Å². The van der Waals surface area contributed by atoms with Crippen molar-refractivity contribution < 1.29 is 13.9 Å². The molecule has 0 atom stereocenters. The topological polar surface area (TPSA) is 78.1 Å². The van der Waals surface area contributed by atoms with Crippen molar-refractivity contribution in [2.75, 3.05) is 0 Å². The lowest BCUT2D eigenvalue weighted by molar-refractivity contribution is 0.0472. The Morgan fingerprint density at radius 1 is 1.11 bits per heavy atom. The molecular formula is C20H15N3O3S. The number of ether oxygens (including phenoxy) is 1. The van der Waals surface area contributed by atoms with Gasteiger partial charge in [0, 0.05) is 11.8 Å². The fraction of sp³-hybridized carbons (Fsp3) is 0.100. The Hall–Kier alpha value is -3.32. The summed E-state index contributed by atoms with van der Waals surface area (Å²) in [7, 11) is 0. The fourth-order valence-electron chi connectivity index (χ4n) is 2.48. The third kappa shape index (κ3) is 3.78. The Bertz CT molecular complexity index is 1060. The van der Waals surface area contributed by atoms with Gasteiger partial charge in [-0.2, -0.15) is 0 Å². The molecule has 4 aromatic rings. The van der Waals surface area contributed by atoms with Gasteiger partial charge in [0.05, 0.1) is 11.4 Å². The van der Waals surface area contributed by atoms with Crippen LogP contribution >= 0.6 is 11.3 Å². The van der Waals surface area contributed by atoms with E-state index in [1.165, 1.54) is 17.6 Å². The number of hydrogen-bond acceptors (Lipinski definition) is 7. The zero-order valence-electron chi connectivity index (χ0n) is 14.5. The van der Waals surface area contributed by atoms with E-state index in [1.807, 2.05) is 48.5 Å². The Morgan fingerprint density at radius 3 is 2.70 bits per heavy atom.